The van der Waals surface area contributed by atoms with Crippen LogP contribution in [0, 0.1) is 13.8 Å². The van der Waals surface area contributed by atoms with Crippen molar-refractivity contribution in [2.24, 2.45) is 0 Å². The molecule has 0 aliphatic carbocycles. The summed E-state index contributed by atoms with van der Waals surface area (Å²) >= 11 is 3.72. The predicted octanol–water partition coefficient (Wildman–Crippen LogP) is 9.06. The van der Waals surface area contributed by atoms with E-state index in [4.69, 9.17) is 0 Å². The van der Waals surface area contributed by atoms with Crippen molar-refractivity contribution in [3.05, 3.63) is 103 Å². The third-order valence-corrected chi connectivity index (χ3v) is 7.30. The smallest absolute Gasteiger partial charge is 0.0180 e. The minimum atomic E-state index is 0.363. The number of aryl methyl sites for hydroxylation is 4. The van der Waals surface area contributed by atoms with Crippen LogP contribution in [0.25, 0.3) is 0 Å². The maximum absolute atomic E-state index is 3.72. The van der Waals surface area contributed by atoms with Crippen LogP contribution in [0.15, 0.2) is 53.0 Å². The molecule has 1 heteroatoms. The van der Waals surface area contributed by atoms with Gasteiger partial charge in [-0.15, -0.1) is 0 Å². The third kappa shape index (κ3) is 5.32. The van der Waals surface area contributed by atoms with E-state index >= 15 is 0 Å². The molecule has 3 aromatic carbocycles. The zero-order valence-electron chi connectivity index (χ0n) is 20.3. The summed E-state index contributed by atoms with van der Waals surface area (Å²) in [5.74, 6) is 0.748. The number of hydrogen-bond donors (Lipinski definition) is 0. The minimum absolute atomic E-state index is 0.363. The van der Waals surface area contributed by atoms with E-state index in [0.29, 0.717) is 11.8 Å². The molecule has 0 aliphatic rings. The lowest BCUT2D eigenvalue weighted by molar-refractivity contribution is 0.857. The molecule has 164 valence electrons. The summed E-state index contributed by atoms with van der Waals surface area (Å²) in [7, 11) is 0. The van der Waals surface area contributed by atoms with Gasteiger partial charge in [-0.3, -0.25) is 0 Å². The zero-order chi connectivity index (χ0) is 22.7. The molecule has 2 atom stereocenters. The Morgan fingerprint density at radius 3 is 1.48 bits per heavy atom. The minimum Gasteiger partial charge on any atom is -0.0613 e. The van der Waals surface area contributed by atoms with Gasteiger partial charge in [-0.25, -0.2) is 0 Å². The van der Waals surface area contributed by atoms with Gasteiger partial charge in [-0.1, -0.05) is 92.5 Å². The molecule has 0 aromatic heterocycles. The summed E-state index contributed by atoms with van der Waals surface area (Å²) in [5, 5.41) is 0. The Morgan fingerprint density at radius 1 is 0.613 bits per heavy atom. The first-order valence-electron chi connectivity index (χ1n) is 11.8. The maximum atomic E-state index is 3.72. The highest BCUT2D eigenvalue weighted by atomic mass is 79.9. The number of hydrogen-bond acceptors (Lipinski definition) is 0. The predicted molar refractivity (Wildman–Crippen MR) is 140 cm³/mol. The van der Waals surface area contributed by atoms with Crippen LogP contribution in [0.3, 0.4) is 0 Å². The highest BCUT2D eigenvalue weighted by molar-refractivity contribution is 9.10. The molecule has 31 heavy (non-hydrogen) atoms. The molecule has 0 N–H and O–H groups in total. The van der Waals surface area contributed by atoms with Gasteiger partial charge in [0.15, 0.2) is 0 Å². The fourth-order valence-electron chi connectivity index (χ4n) is 4.75. The van der Waals surface area contributed by atoms with Crippen LogP contribution < -0.4 is 0 Å². The highest BCUT2D eigenvalue weighted by Gasteiger charge is 2.19. The molecule has 0 unspecified atom stereocenters. The molecule has 3 aromatic rings. The van der Waals surface area contributed by atoms with E-state index in [1.54, 1.807) is 0 Å². The lowest BCUT2D eigenvalue weighted by Crippen LogP contribution is -2.07. The van der Waals surface area contributed by atoms with Crippen LogP contribution in [-0.2, 0) is 19.3 Å². The van der Waals surface area contributed by atoms with Crippen molar-refractivity contribution in [2.45, 2.75) is 79.6 Å². The normalized spacial score (nSPS) is 13.3. The molecule has 0 saturated carbocycles. The van der Waals surface area contributed by atoms with E-state index in [1.807, 2.05) is 0 Å². The zero-order valence-corrected chi connectivity index (χ0v) is 21.9. The van der Waals surface area contributed by atoms with E-state index in [1.165, 1.54) is 54.5 Å². The maximum Gasteiger partial charge on any atom is 0.0180 e. The van der Waals surface area contributed by atoms with Crippen molar-refractivity contribution in [1.82, 2.24) is 0 Å². The number of benzene rings is 3. The molecule has 0 nitrogen and oxygen atoms in total. The monoisotopic (exact) mass is 476 g/mol. The molecule has 0 radical (unpaired) electrons. The largest absolute Gasteiger partial charge is 0.0613 e. The van der Waals surface area contributed by atoms with E-state index in [0.717, 1.165) is 19.3 Å². The molecule has 0 spiro atoms. The second kappa shape index (κ2) is 10.2. The molecule has 0 aliphatic heterocycles. The second-order valence-corrected chi connectivity index (χ2v) is 9.96. The summed E-state index contributed by atoms with van der Waals surface area (Å²) in [6.45, 7) is 16.0. The van der Waals surface area contributed by atoms with Crippen LogP contribution in [0.5, 0.6) is 0 Å². The van der Waals surface area contributed by atoms with Gasteiger partial charge in [0.05, 0.1) is 0 Å². The van der Waals surface area contributed by atoms with Crippen molar-refractivity contribution in [3.63, 3.8) is 0 Å². The van der Waals surface area contributed by atoms with Gasteiger partial charge >= 0.3 is 0 Å². The summed E-state index contributed by atoms with van der Waals surface area (Å²) in [6.07, 6.45) is 3.23. The molecule has 0 fully saturated rings. The quantitative estimate of drug-likeness (QED) is 0.318. The van der Waals surface area contributed by atoms with Crippen LogP contribution in [0.2, 0.25) is 0 Å². The standard InChI is InChI=1S/C30H37Br/c1-8-23-13-24(9-2)15-26(14-23)20(5)29-11-19(4)12-30(22(29)7)21(6)27-16-25(10-3)17-28(31)18-27/h11-18,20-21H,8-10H2,1-7H3/t20-,21-/m1/s1. The van der Waals surface area contributed by atoms with E-state index in [2.05, 4.69) is 113 Å². The molecular weight excluding hydrogens is 440 g/mol. The topological polar surface area (TPSA) is 0 Å². The lowest BCUT2D eigenvalue weighted by atomic mass is 9.81. The molecule has 0 amide bonds. The Bertz CT molecular complexity index is 1040. The molecular formula is C30H37Br. The van der Waals surface area contributed by atoms with Crippen LogP contribution in [0.1, 0.15) is 96.5 Å². The Labute approximate surface area is 198 Å². The third-order valence-electron chi connectivity index (χ3n) is 6.84. The summed E-state index contributed by atoms with van der Waals surface area (Å²) in [6, 6.07) is 18.9. The van der Waals surface area contributed by atoms with Gasteiger partial charge in [-0.05, 0) is 89.8 Å². The van der Waals surface area contributed by atoms with E-state index < -0.39 is 0 Å². The average molecular weight is 478 g/mol. The first-order valence-corrected chi connectivity index (χ1v) is 12.6. The van der Waals surface area contributed by atoms with Crippen LogP contribution >= 0.6 is 15.9 Å². The first kappa shape index (κ1) is 23.8. The van der Waals surface area contributed by atoms with Gasteiger partial charge in [0.2, 0.25) is 0 Å². The van der Waals surface area contributed by atoms with Crippen LogP contribution in [0.4, 0.5) is 0 Å². The van der Waals surface area contributed by atoms with Crippen LogP contribution in [-0.4, -0.2) is 0 Å². The van der Waals surface area contributed by atoms with E-state index in [9.17, 15) is 0 Å². The van der Waals surface area contributed by atoms with Gasteiger partial charge < -0.3 is 0 Å². The molecule has 0 heterocycles. The average Bonchev–Trinajstić information content (AvgIpc) is 2.78. The fraction of sp³-hybridized carbons (Fsp3) is 0.400. The number of rotatable bonds is 7. The molecule has 0 bridgehead atoms. The summed E-state index contributed by atoms with van der Waals surface area (Å²) < 4.78 is 1.18. The summed E-state index contributed by atoms with van der Waals surface area (Å²) in [5.41, 5.74) is 12.8. The Balaban J connectivity index is 2.08. The van der Waals surface area contributed by atoms with E-state index in [-0.39, 0.29) is 0 Å². The number of halogens is 1. The van der Waals surface area contributed by atoms with Gasteiger partial charge in [0.1, 0.15) is 0 Å². The van der Waals surface area contributed by atoms with Gasteiger partial charge in [0.25, 0.3) is 0 Å². The van der Waals surface area contributed by atoms with Crippen molar-refractivity contribution in [3.8, 4) is 0 Å². The van der Waals surface area contributed by atoms with Gasteiger partial charge in [0, 0.05) is 16.3 Å². The Kier molecular flexibility index (Phi) is 7.81. The lowest BCUT2D eigenvalue weighted by Gasteiger charge is -2.24. The van der Waals surface area contributed by atoms with Gasteiger partial charge in [-0.2, -0.15) is 0 Å². The Morgan fingerprint density at radius 2 is 1.03 bits per heavy atom. The molecule has 0 saturated heterocycles. The van der Waals surface area contributed by atoms with Crippen molar-refractivity contribution in [1.29, 1.82) is 0 Å². The fourth-order valence-corrected chi connectivity index (χ4v) is 5.31. The molecule has 3 rings (SSSR count). The van der Waals surface area contributed by atoms with Crippen molar-refractivity contribution >= 4 is 15.9 Å². The van der Waals surface area contributed by atoms with Crippen molar-refractivity contribution in [2.75, 3.05) is 0 Å². The van der Waals surface area contributed by atoms with Crippen molar-refractivity contribution < 1.29 is 0 Å². The first-order chi connectivity index (χ1) is 14.8. The highest BCUT2D eigenvalue weighted by Crippen LogP contribution is 2.36. The Hall–Kier alpha value is -1.86. The summed E-state index contributed by atoms with van der Waals surface area (Å²) in [4.78, 5) is 0. The second-order valence-electron chi connectivity index (χ2n) is 9.05. The SMILES string of the molecule is CCc1cc(Br)cc([C@@H](C)c2cc(C)cc([C@H](C)c3cc(CC)cc(CC)c3)c2C)c1.